The zero-order chi connectivity index (χ0) is 21.1. The Kier molecular flexibility index (Phi) is 5.76. The highest BCUT2D eigenvalue weighted by atomic mass is 16.6. The number of hydrogen-bond donors (Lipinski definition) is 1. The molecule has 156 valence electrons. The van der Waals surface area contributed by atoms with Gasteiger partial charge in [0.25, 0.3) is 11.6 Å². The molecule has 2 heterocycles. The maximum absolute atomic E-state index is 12.8. The Morgan fingerprint density at radius 3 is 2.73 bits per heavy atom. The van der Waals surface area contributed by atoms with Crippen LogP contribution in [-0.4, -0.2) is 45.4 Å². The number of anilines is 1. The van der Waals surface area contributed by atoms with Crippen LogP contribution in [0.25, 0.3) is 11.0 Å². The van der Waals surface area contributed by atoms with Gasteiger partial charge in [0.05, 0.1) is 16.0 Å². The zero-order valence-corrected chi connectivity index (χ0v) is 17.0. The van der Waals surface area contributed by atoms with Crippen LogP contribution in [0.3, 0.4) is 0 Å². The van der Waals surface area contributed by atoms with Gasteiger partial charge in [-0.2, -0.15) is 0 Å². The van der Waals surface area contributed by atoms with E-state index in [1.807, 2.05) is 28.8 Å². The van der Waals surface area contributed by atoms with Crippen molar-refractivity contribution >= 4 is 28.6 Å². The van der Waals surface area contributed by atoms with E-state index in [0.29, 0.717) is 11.9 Å². The van der Waals surface area contributed by atoms with E-state index >= 15 is 0 Å². The SMILES string of the molecule is CN1CCC(CCn2c(NC(=O)c3cccc([N+](=O)[O-])c3)nc3ccccc32)CC1. The van der Waals surface area contributed by atoms with Gasteiger partial charge >= 0.3 is 0 Å². The minimum atomic E-state index is -0.506. The number of benzene rings is 2. The molecular formula is C22H25N5O3. The first-order chi connectivity index (χ1) is 14.5. The highest BCUT2D eigenvalue weighted by Gasteiger charge is 2.20. The summed E-state index contributed by atoms with van der Waals surface area (Å²) in [6, 6.07) is 13.5. The number of rotatable bonds is 6. The predicted molar refractivity (Wildman–Crippen MR) is 116 cm³/mol. The number of fused-ring (bicyclic) bond motifs is 1. The maximum Gasteiger partial charge on any atom is 0.270 e. The summed E-state index contributed by atoms with van der Waals surface area (Å²) in [5, 5.41) is 13.9. The Morgan fingerprint density at radius 1 is 1.20 bits per heavy atom. The van der Waals surface area contributed by atoms with Crippen molar-refractivity contribution in [1.82, 2.24) is 14.5 Å². The second-order valence-corrected chi connectivity index (χ2v) is 7.87. The molecule has 1 amide bonds. The standard InChI is InChI=1S/C22H25N5O3/c1-25-12-9-16(10-13-25)11-14-26-20-8-3-2-7-19(20)23-22(26)24-21(28)17-5-4-6-18(15-17)27(29)30/h2-8,15-16H,9-14H2,1H3,(H,23,24,28). The Labute approximate surface area is 174 Å². The van der Waals surface area contributed by atoms with Crippen molar-refractivity contribution in [2.75, 3.05) is 25.5 Å². The largest absolute Gasteiger partial charge is 0.310 e. The fourth-order valence-electron chi connectivity index (χ4n) is 3.99. The number of nitrogens with zero attached hydrogens (tertiary/aromatic N) is 4. The first kappa shape index (κ1) is 20.0. The molecule has 0 saturated carbocycles. The van der Waals surface area contributed by atoms with E-state index in [-0.39, 0.29) is 11.3 Å². The summed E-state index contributed by atoms with van der Waals surface area (Å²) in [5.41, 5.74) is 1.91. The van der Waals surface area contributed by atoms with Gasteiger partial charge in [0.1, 0.15) is 0 Å². The second-order valence-electron chi connectivity index (χ2n) is 7.87. The van der Waals surface area contributed by atoms with Gasteiger partial charge in [-0.3, -0.25) is 20.2 Å². The maximum atomic E-state index is 12.8. The van der Waals surface area contributed by atoms with Crippen molar-refractivity contribution in [3.8, 4) is 0 Å². The molecule has 0 radical (unpaired) electrons. The summed E-state index contributed by atoms with van der Waals surface area (Å²) in [4.78, 5) is 30.2. The van der Waals surface area contributed by atoms with Crippen LogP contribution in [0.2, 0.25) is 0 Å². The normalized spacial score (nSPS) is 15.4. The molecular weight excluding hydrogens is 382 g/mol. The molecule has 1 aromatic heterocycles. The molecule has 1 aliphatic heterocycles. The van der Waals surface area contributed by atoms with Gasteiger partial charge in [0, 0.05) is 24.2 Å². The van der Waals surface area contributed by atoms with Gasteiger partial charge in [-0.15, -0.1) is 0 Å². The number of non-ortho nitro benzene ring substituents is 1. The molecule has 0 bridgehead atoms. The van der Waals surface area contributed by atoms with E-state index in [1.165, 1.54) is 31.0 Å². The summed E-state index contributed by atoms with van der Waals surface area (Å²) in [5.74, 6) is 0.720. The molecule has 0 unspecified atom stereocenters. The van der Waals surface area contributed by atoms with E-state index in [2.05, 4.69) is 22.2 Å². The lowest BCUT2D eigenvalue weighted by molar-refractivity contribution is -0.384. The van der Waals surface area contributed by atoms with Gasteiger partial charge in [-0.1, -0.05) is 18.2 Å². The minimum absolute atomic E-state index is 0.113. The smallest absolute Gasteiger partial charge is 0.270 e. The van der Waals surface area contributed by atoms with Crippen molar-refractivity contribution in [3.05, 3.63) is 64.2 Å². The van der Waals surface area contributed by atoms with Crippen LogP contribution in [0.5, 0.6) is 0 Å². The highest BCUT2D eigenvalue weighted by molar-refractivity contribution is 6.04. The highest BCUT2D eigenvalue weighted by Crippen LogP contribution is 2.25. The Balaban J connectivity index is 1.56. The Hall–Kier alpha value is -3.26. The van der Waals surface area contributed by atoms with E-state index in [4.69, 9.17) is 0 Å². The van der Waals surface area contributed by atoms with E-state index in [0.717, 1.165) is 37.1 Å². The number of hydrogen-bond acceptors (Lipinski definition) is 5. The summed E-state index contributed by atoms with van der Waals surface area (Å²) < 4.78 is 2.04. The van der Waals surface area contributed by atoms with Gasteiger partial charge < -0.3 is 9.47 Å². The quantitative estimate of drug-likeness (QED) is 0.494. The molecule has 1 aliphatic rings. The van der Waals surface area contributed by atoms with Crippen LogP contribution in [0, 0.1) is 16.0 Å². The molecule has 30 heavy (non-hydrogen) atoms. The van der Waals surface area contributed by atoms with Crippen LogP contribution >= 0.6 is 0 Å². The molecule has 3 aromatic rings. The third-order valence-electron chi connectivity index (χ3n) is 5.80. The molecule has 0 spiro atoms. The molecule has 8 heteroatoms. The van der Waals surface area contributed by atoms with Gasteiger partial charge in [0.2, 0.25) is 5.95 Å². The molecule has 4 rings (SSSR count). The van der Waals surface area contributed by atoms with Gasteiger partial charge in [0.15, 0.2) is 0 Å². The lowest BCUT2D eigenvalue weighted by Crippen LogP contribution is -2.30. The number of imidazole rings is 1. The average molecular weight is 407 g/mol. The molecule has 0 atom stereocenters. The van der Waals surface area contributed by atoms with Crippen LogP contribution in [-0.2, 0) is 6.54 Å². The van der Waals surface area contributed by atoms with Gasteiger partial charge in [-0.05, 0) is 63.5 Å². The van der Waals surface area contributed by atoms with Gasteiger partial charge in [-0.25, -0.2) is 4.98 Å². The van der Waals surface area contributed by atoms with Crippen LogP contribution in [0.1, 0.15) is 29.6 Å². The number of likely N-dealkylation sites (tertiary alicyclic amines) is 1. The molecule has 2 aromatic carbocycles. The molecule has 1 saturated heterocycles. The van der Waals surface area contributed by atoms with E-state index < -0.39 is 10.8 Å². The summed E-state index contributed by atoms with van der Waals surface area (Å²) in [6.07, 6.45) is 3.38. The zero-order valence-electron chi connectivity index (χ0n) is 17.0. The number of carbonyl (C=O) groups is 1. The minimum Gasteiger partial charge on any atom is -0.310 e. The fraction of sp³-hybridized carbons (Fsp3) is 0.364. The number of nitro benzene ring substituents is 1. The number of nitrogens with one attached hydrogen (secondary N) is 1. The summed E-state index contributed by atoms with van der Waals surface area (Å²) in [6.45, 7) is 3.00. The van der Waals surface area contributed by atoms with Crippen LogP contribution in [0.15, 0.2) is 48.5 Å². The molecule has 0 aliphatic carbocycles. The van der Waals surface area contributed by atoms with Crippen molar-refractivity contribution in [1.29, 1.82) is 0 Å². The number of amides is 1. The third kappa shape index (κ3) is 4.33. The van der Waals surface area contributed by atoms with Crippen molar-refractivity contribution in [2.24, 2.45) is 5.92 Å². The predicted octanol–water partition coefficient (Wildman–Crippen LogP) is 3.93. The number of piperidine rings is 1. The fourth-order valence-corrected chi connectivity index (χ4v) is 3.99. The topological polar surface area (TPSA) is 93.3 Å². The van der Waals surface area contributed by atoms with E-state index in [9.17, 15) is 14.9 Å². The van der Waals surface area contributed by atoms with Crippen LogP contribution in [0.4, 0.5) is 11.6 Å². The second kappa shape index (κ2) is 8.62. The van der Waals surface area contributed by atoms with Crippen molar-refractivity contribution < 1.29 is 9.72 Å². The summed E-state index contributed by atoms with van der Waals surface area (Å²) in [7, 11) is 2.15. The first-order valence-corrected chi connectivity index (χ1v) is 10.2. The summed E-state index contributed by atoms with van der Waals surface area (Å²) >= 11 is 0. The Bertz CT molecular complexity index is 1070. The third-order valence-corrected chi connectivity index (χ3v) is 5.80. The first-order valence-electron chi connectivity index (χ1n) is 10.2. The molecule has 8 nitrogen and oxygen atoms in total. The van der Waals surface area contributed by atoms with Crippen molar-refractivity contribution in [3.63, 3.8) is 0 Å². The monoisotopic (exact) mass is 407 g/mol. The number of carbonyl (C=O) groups excluding carboxylic acids is 1. The lowest BCUT2D eigenvalue weighted by Gasteiger charge is -2.29. The van der Waals surface area contributed by atoms with E-state index in [1.54, 1.807) is 6.07 Å². The number of aryl methyl sites for hydroxylation is 1. The Morgan fingerprint density at radius 2 is 1.97 bits per heavy atom. The number of nitro groups is 1. The lowest BCUT2D eigenvalue weighted by atomic mass is 9.94. The number of aromatic nitrogens is 2. The number of para-hydroxylation sites is 2. The molecule has 1 N–H and O–H groups in total. The van der Waals surface area contributed by atoms with Crippen molar-refractivity contribution in [2.45, 2.75) is 25.8 Å². The molecule has 1 fully saturated rings. The average Bonchev–Trinajstić information content (AvgIpc) is 3.10. The van der Waals surface area contributed by atoms with Crippen LogP contribution < -0.4 is 5.32 Å².